The third-order valence-corrected chi connectivity index (χ3v) is 23.0. The quantitative estimate of drug-likeness (QED) is 0.161. The van der Waals surface area contributed by atoms with Crippen LogP contribution in [0.4, 0.5) is 34.1 Å². The lowest BCUT2D eigenvalue weighted by Crippen LogP contribution is -2.57. The van der Waals surface area contributed by atoms with Crippen LogP contribution < -0.4 is 31.7 Å². The monoisotopic (exact) mass is 1260 g/mol. The zero-order chi connectivity index (χ0) is 64.7. The Labute approximate surface area is 575 Å². The summed E-state index contributed by atoms with van der Waals surface area (Å²) in [5, 5.41) is 17.2. The number of rotatable bonds is 5. The van der Waals surface area contributed by atoms with Crippen LogP contribution in [0.15, 0.2) is 328 Å². The van der Waals surface area contributed by atoms with Crippen molar-refractivity contribution in [2.24, 2.45) is 0 Å². The molecule has 8 heterocycles. The molecule has 8 heteroatoms. The van der Waals surface area contributed by atoms with Gasteiger partial charge < -0.3 is 27.9 Å². The molecular weight excluding hydrogens is 1210 g/mol. The predicted octanol–water partition coefficient (Wildman–Crippen LogP) is 20.9. The first-order valence-corrected chi connectivity index (χ1v) is 34.9. The molecule has 4 aliphatic rings. The first kappa shape index (κ1) is 53.2. The van der Waals surface area contributed by atoms with Gasteiger partial charge in [0.25, 0.3) is 0 Å². The molecule has 16 aromatic carbocycles. The lowest BCUT2D eigenvalue weighted by atomic mass is 9.44. The smallest absolute Gasteiger partial charge is 0.333 e. The van der Waals surface area contributed by atoms with Crippen LogP contribution in [0.2, 0.25) is 0 Å². The number of benzene rings is 16. The summed E-state index contributed by atoms with van der Waals surface area (Å²) in [7, 11) is 0. The SMILES string of the molecule is c1ccc(-n2ccc3cc4c5c(c32)N(c2ccc3ccccc3c2)c2ccc3cc(-c6cc7c8c9c(cc7n6-c6ccccc6)-c6cccc7c%10ccccc%10n(c67)B9c6c(ccc7ccccc67)N8c6ccc7ccccc7c6)ccc3c2B5n2c3ccccc3c3cccc-4c32)cc1. The largest absolute Gasteiger partial charge is 0.375 e. The van der Waals surface area contributed by atoms with Crippen molar-refractivity contribution >= 4 is 178 Å². The normalized spacial score (nSPS) is 13.3. The van der Waals surface area contributed by atoms with Gasteiger partial charge >= 0.3 is 13.7 Å². The summed E-state index contributed by atoms with van der Waals surface area (Å²) in [6.07, 6.45) is 2.28. The lowest BCUT2D eigenvalue weighted by Gasteiger charge is -2.41. The van der Waals surface area contributed by atoms with Crippen LogP contribution in [-0.4, -0.2) is 31.8 Å². The summed E-state index contributed by atoms with van der Waals surface area (Å²) in [5.41, 5.74) is 29.2. The van der Waals surface area contributed by atoms with Crippen LogP contribution >= 0.6 is 0 Å². The maximum atomic E-state index is 2.72. The van der Waals surface area contributed by atoms with E-state index in [-0.39, 0.29) is 13.7 Å². The van der Waals surface area contributed by atoms with Gasteiger partial charge in [-0.1, -0.05) is 218 Å². The van der Waals surface area contributed by atoms with Gasteiger partial charge in [-0.15, -0.1) is 0 Å². The van der Waals surface area contributed by atoms with E-state index >= 15 is 0 Å². The van der Waals surface area contributed by atoms with Crippen molar-refractivity contribution in [2.75, 3.05) is 9.80 Å². The second kappa shape index (κ2) is 19.4. The number of nitrogens with zero attached hydrogens (tertiary/aromatic N) is 6. The molecule has 0 N–H and O–H groups in total. The Bertz CT molecular complexity index is 7070. The fourth-order valence-electron chi connectivity index (χ4n) is 19.0. The minimum Gasteiger partial charge on any atom is -0.375 e. The number of aromatic nitrogens is 4. The van der Waals surface area contributed by atoms with Crippen molar-refractivity contribution in [2.45, 2.75) is 0 Å². The first-order chi connectivity index (χ1) is 49.6. The van der Waals surface area contributed by atoms with Crippen LogP contribution in [-0.2, 0) is 0 Å². The minimum absolute atomic E-state index is 0.149. The highest BCUT2D eigenvalue weighted by atomic mass is 15.2. The van der Waals surface area contributed by atoms with E-state index in [4.69, 9.17) is 0 Å². The zero-order valence-corrected chi connectivity index (χ0v) is 54.0. The molecule has 0 spiro atoms. The maximum Gasteiger partial charge on any atom is 0.333 e. The van der Waals surface area contributed by atoms with E-state index in [1.807, 2.05) is 0 Å². The molecule has 0 fully saturated rings. The second-order valence-corrected chi connectivity index (χ2v) is 27.8. The third kappa shape index (κ3) is 6.84. The number of hydrogen-bond acceptors (Lipinski definition) is 2. The molecule has 6 nitrogen and oxygen atoms in total. The summed E-state index contributed by atoms with van der Waals surface area (Å²) in [4.78, 5) is 5.26. The summed E-state index contributed by atoms with van der Waals surface area (Å²) in [5.74, 6) is 0. The molecule has 0 saturated heterocycles. The molecule has 24 rings (SSSR count). The van der Waals surface area contributed by atoms with Gasteiger partial charge in [0.05, 0.1) is 28.1 Å². The molecule has 0 saturated carbocycles. The minimum atomic E-state index is -0.196. The zero-order valence-electron chi connectivity index (χ0n) is 54.0. The van der Waals surface area contributed by atoms with Gasteiger partial charge in [0.15, 0.2) is 0 Å². The Kier molecular flexibility index (Phi) is 10.3. The van der Waals surface area contributed by atoms with Crippen LogP contribution in [0.1, 0.15) is 0 Å². The van der Waals surface area contributed by atoms with Gasteiger partial charge in [-0.2, -0.15) is 0 Å². The third-order valence-electron chi connectivity index (χ3n) is 23.0. The van der Waals surface area contributed by atoms with Gasteiger partial charge in [-0.05, 0) is 185 Å². The van der Waals surface area contributed by atoms with Crippen molar-refractivity contribution in [3.05, 3.63) is 328 Å². The highest BCUT2D eigenvalue weighted by Gasteiger charge is 2.47. The summed E-state index contributed by atoms with van der Waals surface area (Å²) < 4.78 is 10.4. The summed E-state index contributed by atoms with van der Waals surface area (Å²) in [6, 6.07) is 122. The van der Waals surface area contributed by atoms with E-state index in [2.05, 4.69) is 356 Å². The van der Waals surface area contributed by atoms with Crippen molar-refractivity contribution < 1.29 is 0 Å². The molecule has 0 atom stereocenters. The van der Waals surface area contributed by atoms with Crippen LogP contribution in [0, 0.1) is 0 Å². The number of hydrogen-bond donors (Lipinski definition) is 0. The topological polar surface area (TPSA) is 26.2 Å². The van der Waals surface area contributed by atoms with Crippen molar-refractivity contribution in [3.63, 3.8) is 0 Å². The molecule has 4 aromatic heterocycles. The van der Waals surface area contributed by atoms with E-state index < -0.39 is 0 Å². The number of para-hydroxylation sites is 6. The van der Waals surface area contributed by atoms with E-state index in [1.165, 1.54) is 170 Å². The van der Waals surface area contributed by atoms with Crippen molar-refractivity contribution in [3.8, 4) is 44.9 Å². The molecule has 0 radical (unpaired) electrons. The Hall–Kier alpha value is -13.0. The fraction of sp³-hybridized carbons (Fsp3) is 0. The molecular formula is C92H54B2N6. The average molecular weight is 1270 g/mol. The molecule has 4 aliphatic heterocycles. The molecule has 458 valence electrons. The summed E-state index contributed by atoms with van der Waals surface area (Å²) in [6.45, 7) is -0.345. The Morgan fingerprint density at radius 2 is 0.740 bits per heavy atom. The van der Waals surface area contributed by atoms with Gasteiger partial charge in [-0.25, -0.2) is 0 Å². The number of fused-ring (bicyclic) bond motifs is 24. The van der Waals surface area contributed by atoms with Gasteiger partial charge in [0.2, 0.25) is 0 Å². The van der Waals surface area contributed by atoms with E-state index in [1.54, 1.807) is 0 Å². The molecule has 0 amide bonds. The van der Waals surface area contributed by atoms with Crippen LogP contribution in [0.5, 0.6) is 0 Å². The standard InChI is InChI=1S/C92H54B2N6/c1-3-24-63(25-4-1)95-48-47-62-52-75-73-33-17-31-71-69-29-14-16-36-79(69)100(89(71)73)94-85-68-44-39-61(49-60(68)41-46-81(85)98(92(87(75)94)88(62)95)66-43-38-56-20-8-10-23-59(56)51-66)82-54-77-83(96(82)64-26-5-2-6-27-64)53-76-74-34-18-32-72-70-30-13-15-35-78(70)99(90(72)74)93-84-67-28-12-11-21-57(67)40-45-80(84)97(91(77)86(76)93)65-42-37-55-19-7-9-22-58(55)50-65/h1-54H. The highest BCUT2D eigenvalue weighted by Crippen LogP contribution is 2.53. The molecule has 20 aromatic rings. The Balaban J connectivity index is 0.810. The molecule has 0 bridgehead atoms. The van der Waals surface area contributed by atoms with Crippen LogP contribution in [0.25, 0.3) is 153 Å². The molecule has 0 aliphatic carbocycles. The Morgan fingerprint density at radius 1 is 0.240 bits per heavy atom. The molecule has 0 unspecified atom stereocenters. The first-order valence-electron chi connectivity index (χ1n) is 34.9. The van der Waals surface area contributed by atoms with Crippen molar-refractivity contribution in [1.82, 2.24) is 18.1 Å². The van der Waals surface area contributed by atoms with Gasteiger partial charge in [-0.3, -0.25) is 0 Å². The van der Waals surface area contributed by atoms with E-state index in [0.29, 0.717) is 0 Å². The van der Waals surface area contributed by atoms with Crippen LogP contribution in [0.3, 0.4) is 0 Å². The van der Waals surface area contributed by atoms with E-state index in [9.17, 15) is 0 Å². The average Bonchev–Trinajstić information content (AvgIpc) is 1.36. The summed E-state index contributed by atoms with van der Waals surface area (Å²) >= 11 is 0. The van der Waals surface area contributed by atoms with Gasteiger partial charge in [0, 0.05) is 106 Å². The fourth-order valence-corrected chi connectivity index (χ4v) is 19.0. The highest BCUT2D eigenvalue weighted by molar-refractivity contribution is 6.93. The lowest BCUT2D eigenvalue weighted by molar-refractivity contribution is 1.12. The Morgan fingerprint density at radius 3 is 1.38 bits per heavy atom. The second-order valence-electron chi connectivity index (χ2n) is 27.8. The van der Waals surface area contributed by atoms with E-state index in [0.717, 1.165) is 39.5 Å². The number of anilines is 6. The predicted molar refractivity (Wildman–Crippen MR) is 423 cm³/mol. The van der Waals surface area contributed by atoms with Gasteiger partial charge in [0.1, 0.15) is 0 Å². The van der Waals surface area contributed by atoms with Crippen molar-refractivity contribution in [1.29, 1.82) is 0 Å². The maximum absolute atomic E-state index is 2.72. The molecule has 100 heavy (non-hydrogen) atoms.